The van der Waals surface area contributed by atoms with Crippen LogP contribution >= 0.6 is 0 Å². The molecule has 2 amide bonds. The highest BCUT2D eigenvalue weighted by Crippen LogP contribution is 2.19. The molecule has 0 aromatic rings. The summed E-state index contributed by atoms with van der Waals surface area (Å²) in [6.45, 7) is 1.89. The molecule has 7 heteroatoms. The van der Waals surface area contributed by atoms with Gasteiger partial charge in [-0.25, -0.2) is 13.8 Å². The predicted octanol–water partition coefficient (Wildman–Crippen LogP) is -0.368. The lowest BCUT2D eigenvalue weighted by atomic mass is 10.2. The smallest absolute Gasteiger partial charge is 0.288 e. The second-order valence-corrected chi connectivity index (χ2v) is 3.02. The van der Waals surface area contributed by atoms with Gasteiger partial charge in [0.25, 0.3) is 5.92 Å². The molecule has 0 spiro atoms. The number of carbonyl (C=O) groups excluding carboxylic acids is 2. The zero-order valence-corrected chi connectivity index (χ0v) is 7.60. The summed E-state index contributed by atoms with van der Waals surface area (Å²) in [4.78, 5) is 24.7. The van der Waals surface area contributed by atoms with Crippen LogP contribution in [0.3, 0.4) is 0 Å². The lowest BCUT2D eigenvalue weighted by Gasteiger charge is -2.15. The third-order valence-electron chi connectivity index (χ3n) is 1.73. The van der Waals surface area contributed by atoms with Crippen molar-refractivity contribution in [3.8, 4) is 0 Å². The van der Waals surface area contributed by atoms with Gasteiger partial charge in [0.05, 0.1) is 0 Å². The minimum Gasteiger partial charge on any atom is -0.288 e. The zero-order valence-electron chi connectivity index (χ0n) is 7.60. The average molecular weight is 205 g/mol. The number of nitrogens with zero attached hydrogens (tertiary/aromatic N) is 1. The standard InChI is InChI=1S/C7H9F2N3O2/c1-3(7(2,8)9)10-6-11-4(13)5(14)12-6/h3H,1-2H3,(H2,10,11,12,13,14). The Hall–Kier alpha value is -1.53. The van der Waals surface area contributed by atoms with Gasteiger partial charge in [-0.1, -0.05) is 0 Å². The summed E-state index contributed by atoms with van der Waals surface area (Å²) in [5.74, 6) is -5.01. The van der Waals surface area contributed by atoms with Gasteiger partial charge < -0.3 is 0 Å². The second kappa shape index (κ2) is 3.32. The molecular weight excluding hydrogens is 196 g/mol. The van der Waals surface area contributed by atoms with E-state index in [0.717, 1.165) is 0 Å². The highest BCUT2D eigenvalue weighted by molar-refractivity contribution is 6.45. The Morgan fingerprint density at radius 2 is 1.71 bits per heavy atom. The van der Waals surface area contributed by atoms with Crippen LogP contribution in [0.25, 0.3) is 0 Å². The Morgan fingerprint density at radius 3 is 2.07 bits per heavy atom. The van der Waals surface area contributed by atoms with Crippen LogP contribution in [-0.4, -0.2) is 29.7 Å². The third kappa shape index (κ3) is 2.24. The number of hydrogen-bond acceptors (Lipinski definition) is 3. The molecule has 0 saturated carbocycles. The van der Waals surface area contributed by atoms with E-state index in [2.05, 4.69) is 4.99 Å². The maximum absolute atomic E-state index is 12.6. The molecule has 14 heavy (non-hydrogen) atoms. The maximum atomic E-state index is 12.6. The van der Waals surface area contributed by atoms with Gasteiger partial charge in [0, 0.05) is 6.92 Å². The van der Waals surface area contributed by atoms with Crippen molar-refractivity contribution in [3.05, 3.63) is 0 Å². The van der Waals surface area contributed by atoms with E-state index >= 15 is 0 Å². The van der Waals surface area contributed by atoms with Crippen LogP contribution in [0, 0.1) is 0 Å². The van der Waals surface area contributed by atoms with Crippen LogP contribution in [0.15, 0.2) is 4.99 Å². The Kier molecular flexibility index (Phi) is 2.50. The average Bonchev–Trinajstić information content (AvgIpc) is 2.29. The van der Waals surface area contributed by atoms with Crippen molar-refractivity contribution >= 4 is 17.8 Å². The van der Waals surface area contributed by atoms with Crippen molar-refractivity contribution in [2.75, 3.05) is 0 Å². The van der Waals surface area contributed by atoms with Gasteiger partial charge in [-0.2, -0.15) is 0 Å². The first-order chi connectivity index (χ1) is 6.30. The molecule has 0 radical (unpaired) electrons. The zero-order chi connectivity index (χ0) is 10.9. The molecule has 1 atom stereocenters. The monoisotopic (exact) mass is 205 g/mol. The molecule has 1 fully saturated rings. The third-order valence-corrected chi connectivity index (χ3v) is 1.73. The summed E-state index contributed by atoms with van der Waals surface area (Å²) in [6, 6.07) is -1.31. The highest BCUT2D eigenvalue weighted by Gasteiger charge is 2.32. The molecule has 0 bridgehead atoms. The van der Waals surface area contributed by atoms with Gasteiger partial charge in [0.15, 0.2) is 0 Å². The van der Waals surface area contributed by atoms with Gasteiger partial charge >= 0.3 is 11.8 Å². The van der Waals surface area contributed by atoms with E-state index in [1.165, 1.54) is 6.92 Å². The van der Waals surface area contributed by atoms with Crippen LogP contribution < -0.4 is 10.6 Å². The van der Waals surface area contributed by atoms with Crippen molar-refractivity contribution in [1.29, 1.82) is 0 Å². The van der Waals surface area contributed by atoms with E-state index in [1.807, 2.05) is 10.6 Å². The van der Waals surface area contributed by atoms with Crippen LogP contribution in [0.4, 0.5) is 8.78 Å². The van der Waals surface area contributed by atoms with Crippen molar-refractivity contribution < 1.29 is 18.4 Å². The summed E-state index contributed by atoms with van der Waals surface area (Å²) in [6.07, 6.45) is 0. The van der Waals surface area contributed by atoms with Crippen molar-refractivity contribution in [2.45, 2.75) is 25.8 Å². The van der Waals surface area contributed by atoms with Crippen molar-refractivity contribution in [2.24, 2.45) is 4.99 Å². The van der Waals surface area contributed by atoms with Crippen LogP contribution in [-0.2, 0) is 9.59 Å². The number of hydrogen-bond donors (Lipinski definition) is 2. The van der Waals surface area contributed by atoms with E-state index < -0.39 is 23.8 Å². The molecular formula is C7H9F2N3O2. The molecule has 1 aliphatic heterocycles. The minimum atomic E-state index is -2.99. The summed E-state index contributed by atoms with van der Waals surface area (Å²) in [7, 11) is 0. The SMILES string of the molecule is CC(N=C1NC(=O)C(=O)N1)C(C)(F)F. The van der Waals surface area contributed by atoms with Crippen LogP contribution in [0.5, 0.6) is 0 Å². The van der Waals surface area contributed by atoms with Crippen molar-refractivity contribution in [3.63, 3.8) is 0 Å². The Bertz CT molecular complexity index is 291. The predicted molar refractivity (Wildman–Crippen MR) is 43.8 cm³/mol. The number of carbonyl (C=O) groups is 2. The number of nitrogens with one attached hydrogen (secondary N) is 2. The van der Waals surface area contributed by atoms with E-state index in [9.17, 15) is 18.4 Å². The Balaban J connectivity index is 2.72. The minimum absolute atomic E-state index is 0.228. The van der Waals surface area contributed by atoms with Gasteiger partial charge in [0.2, 0.25) is 5.96 Å². The van der Waals surface area contributed by atoms with E-state index in [1.54, 1.807) is 0 Å². The molecule has 5 nitrogen and oxygen atoms in total. The summed E-state index contributed by atoms with van der Waals surface area (Å²) < 4.78 is 25.3. The number of aliphatic imine (C=N–C) groups is 1. The largest absolute Gasteiger partial charge is 0.316 e. The van der Waals surface area contributed by atoms with Crippen LogP contribution in [0.2, 0.25) is 0 Å². The summed E-state index contributed by atoms with van der Waals surface area (Å²) in [5.41, 5.74) is 0. The Morgan fingerprint density at radius 1 is 1.29 bits per heavy atom. The number of alkyl halides is 2. The number of guanidine groups is 1. The fourth-order valence-electron chi connectivity index (χ4n) is 0.731. The summed E-state index contributed by atoms with van der Waals surface area (Å²) in [5, 5.41) is 4.05. The van der Waals surface area contributed by atoms with Gasteiger partial charge in [-0.15, -0.1) is 0 Å². The van der Waals surface area contributed by atoms with E-state index in [4.69, 9.17) is 0 Å². The first-order valence-electron chi connectivity index (χ1n) is 3.88. The summed E-state index contributed by atoms with van der Waals surface area (Å²) >= 11 is 0. The van der Waals surface area contributed by atoms with Gasteiger partial charge in [0.1, 0.15) is 6.04 Å². The fraction of sp³-hybridized carbons (Fsp3) is 0.571. The molecule has 1 rings (SSSR count). The molecule has 1 unspecified atom stereocenters. The number of amides is 2. The first-order valence-corrected chi connectivity index (χ1v) is 3.88. The van der Waals surface area contributed by atoms with Gasteiger partial charge in [-0.05, 0) is 6.92 Å². The lowest BCUT2D eigenvalue weighted by Crippen LogP contribution is -2.32. The molecule has 78 valence electrons. The molecule has 0 aliphatic carbocycles. The molecule has 1 saturated heterocycles. The molecule has 0 aromatic heterocycles. The molecule has 1 aliphatic rings. The fourth-order valence-corrected chi connectivity index (χ4v) is 0.731. The van der Waals surface area contributed by atoms with Crippen LogP contribution in [0.1, 0.15) is 13.8 Å². The van der Waals surface area contributed by atoms with Crippen molar-refractivity contribution in [1.82, 2.24) is 10.6 Å². The highest BCUT2D eigenvalue weighted by atomic mass is 19.3. The second-order valence-electron chi connectivity index (χ2n) is 3.02. The lowest BCUT2D eigenvalue weighted by molar-refractivity contribution is -0.135. The number of halogens is 2. The topological polar surface area (TPSA) is 70.6 Å². The van der Waals surface area contributed by atoms with E-state index in [-0.39, 0.29) is 5.96 Å². The molecule has 0 aromatic carbocycles. The molecule has 2 N–H and O–H groups in total. The normalized spacial score (nSPS) is 19.0. The molecule has 1 heterocycles. The number of rotatable bonds is 2. The first kappa shape index (κ1) is 10.6. The Labute approximate surface area is 78.6 Å². The maximum Gasteiger partial charge on any atom is 0.316 e. The van der Waals surface area contributed by atoms with Gasteiger partial charge in [-0.3, -0.25) is 20.2 Å². The van der Waals surface area contributed by atoms with E-state index in [0.29, 0.717) is 6.92 Å². The quantitative estimate of drug-likeness (QED) is 0.604.